The van der Waals surface area contributed by atoms with Gasteiger partial charge in [0.1, 0.15) is 17.1 Å². The summed E-state index contributed by atoms with van der Waals surface area (Å²) in [6, 6.07) is 3.44. The van der Waals surface area contributed by atoms with Crippen molar-refractivity contribution < 1.29 is 19.2 Å². The van der Waals surface area contributed by atoms with E-state index < -0.39 is 33.9 Å². The highest BCUT2D eigenvalue weighted by atomic mass is 19.1. The average molecular weight is 281 g/mol. The fourth-order valence-corrected chi connectivity index (χ4v) is 1.72. The highest BCUT2D eigenvalue weighted by Gasteiger charge is 2.24. The molecule has 0 fully saturated rings. The van der Waals surface area contributed by atoms with Crippen molar-refractivity contribution in [3.63, 3.8) is 0 Å². The molecular formula is C12H12FN3O4. The number of nitrogens with zero attached hydrogens (tertiary/aromatic N) is 3. The summed E-state index contributed by atoms with van der Waals surface area (Å²) in [5.41, 5.74) is -1.35. The molecule has 1 rings (SSSR count). The van der Waals surface area contributed by atoms with Crippen molar-refractivity contribution in [2.75, 3.05) is 18.5 Å². The molecule has 0 aliphatic heterocycles. The van der Waals surface area contributed by atoms with Gasteiger partial charge in [-0.2, -0.15) is 5.26 Å². The van der Waals surface area contributed by atoms with Crippen LogP contribution < -0.4 is 4.90 Å². The largest absolute Gasteiger partial charge is 0.478 e. The molecule has 0 aliphatic carbocycles. The predicted octanol–water partition coefficient (Wildman–Crippen LogP) is 2.03. The normalized spacial score (nSPS) is 11.5. The summed E-state index contributed by atoms with van der Waals surface area (Å²) in [6.45, 7) is 1.77. The zero-order valence-electron chi connectivity index (χ0n) is 10.8. The van der Waals surface area contributed by atoms with Crippen molar-refractivity contribution in [3.8, 4) is 6.07 Å². The van der Waals surface area contributed by atoms with Crippen LogP contribution in [0, 0.1) is 33.2 Å². The second kappa shape index (κ2) is 5.97. The molecule has 0 aromatic heterocycles. The number of carboxylic acids is 1. The van der Waals surface area contributed by atoms with Crippen molar-refractivity contribution in [1.82, 2.24) is 0 Å². The van der Waals surface area contributed by atoms with Gasteiger partial charge in [-0.1, -0.05) is 0 Å². The van der Waals surface area contributed by atoms with E-state index in [1.807, 2.05) is 6.07 Å². The number of hydrogen-bond donors (Lipinski definition) is 1. The van der Waals surface area contributed by atoms with E-state index in [1.54, 1.807) is 6.92 Å². The number of nitriles is 1. The lowest BCUT2D eigenvalue weighted by atomic mass is 10.1. The number of anilines is 1. The molecule has 0 heterocycles. The highest BCUT2D eigenvalue weighted by molar-refractivity contribution is 5.90. The summed E-state index contributed by atoms with van der Waals surface area (Å²) in [6.07, 6.45) is 0. The standard InChI is InChI=1S/C12H12FN3O4/c1-7(5-14)6-15(2)10-4-9(13)8(12(17)18)3-11(10)16(19)20/h3-4,7H,6H2,1-2H3,(H,17,18). The molecule has 1 atom stereocenters. The van der Waals surface area contributed by atoms with E-state index in [1.165, 1.54) is 11.9 Å². The van der Waals surface area contributed by atoms with Crippen LogP contribution in [0.1, 0.15) is 17.3 Å². The molecule has 20 heavy (non-hydrogen) atoms. The third-order valence-electron chi connectivity index (χ3n) is 2.67. The molecule has 0 saturated heterocycles. The molecule has 0 bridgehead atoms. The van der Waals surface area contributed by atoms with Crippen LogP contribution in [0.25, 0.3) is 0 Å². The van der Waals surface area contributed by atoms with Gasteiger partial charge in [0, 0.05) is 25.7 Å². The Morgan fingerprint density at radius 3 is 2.70 bits per heavy atom. The first-order valence-electron chi connectivity index (χ1n) is 5.60. The van der Waals surface area contributed by atoms with Crippen LogP contribution in [-0.4, -0.2) is 29.6 Å². The summed E-state index contributed by atoms with van der Waals surface area (Å²) in [7, 11) is 1.47. The molecular weight excluding hydrogens is 269 g/mol. The third-order valence-corrected chi connectivity index (χ3v) is 2.67. The monoisotopic (exact) mass is 281 g/mol. The minimum absolute atomic E-state index is 0.0698. The minimum atomic E-state index is -1.58. The molecule has 0 aliphatic rings. The second-order valence-electron chi connectivity index (χ2n) is 4.29. The quantitative estimate of drug-likeness (QED) is 0.653. The van der Waals surface area contributed by atoms with Crippen molar-refractivity contribution in [2.45, 2.75) is 6.92 Å². The number of nitro groups is 1. The minimum Gasteiger partial charge on any atom is -0.478 e. The van der Waals surface area contributed by atoms with Gasteiger partial charge in [-0.25, -0.2) is 9.18 Å². The van der Waals surface area contributed by atoms with Gasteiger partial charge >= 0.3 is 5.97 Å². The summed E-state index contributed by atoms with van der Waals surface area (Å²) < 4.78 is 13.6. The fourth-order valence-electron chi connectivity index (χ4n) is 1.72. The van der Waals surface area contributed by atoms with Crippen molar-refractivity contribution in [3.05, 3.63) is 33.6 Å². The molecule has 0 amide bonds. The zero-order chi connectivity index (χ0) is 15.4. The van der Waals surface area contributed by atoms with E-state index in [0.717, 1.165) is 6.07 Å². The maximum absolute atomic E-state index is 13.6. The van der Waals surface area contributed by atoms with Gasteiger partial charge in [-0.05, 0) is 6.92 Å². The fraction of sp³-hybridized carbons (Fsp3) is 0.333. The number of aromatic carboxylic acids is 1. The molecule has 8 heteroatoms. The van der Waals surface area contributed by atoms with Gasteiger partial charge in [0.2, 0.25) is 0 Å². The molecule has 0 saturated carbocycles. The van der Waals surface area contributed by atoms with Gasteiger partial charge in [0.15, 0.2) is 0 Å². The second-order valence-corrected chi connectivity index (χ2v) is 4.29. The van der Waals surface area contributed by atoms with Gasteiger partial charge in [0.05, 0.1) is 16.9 Å². The third kappa shape index (κ3) is 3.20. The molecule has 0 radical (unpaired) electrons. The number of benzene rings is 1. The summed E-state index contributed by atoms with van der Waals surface area (Å²) >= 11 is 0. The lowest BCUT2D eigenvalue weighted by Crippen LogP contribution is -2.24. The van der Waals surface area contributed by atoms with Gasteiger partial charge in [-0.15, -0.1) is 0 Å². The van der Waals surface area contributed by atoms with Crippen LogP contribution in [0.3, 0.4) is 0 Å². The van der Waals surface area contributed by atoms with Crippen LogP contribution in [0.4, 0.5) is 15.8 Å². The summed E-state index contributed by atoms with van der Waals surface area (Å²) in [5, 5.41) is 28.4. The Morgan fingerprint density at radius 2 is 2.25 bits per heavy atom. The van der Waals surface area contributed by atoms with E-state index >= 15 is 0 Å². The molecule has 1 aromatic rings. The van der Waals surface area contributed by atoms with E-state index in [9.17, 15) is 19.3 Å². The Hall–Kier alpha value is -2.69. The van der Waals surface area contributed by atoms with Crippen LogP contribution in [0.5, 0.6) is 0 Å². The Bertz CT molecular complexity index is 597. The highest BCUT2D eigenvalue weighted by Crippen LogP contribution is 2.30. The number of halogens is 1. The summed E-state index contributed by atoms with van der Waals surface area (Å²) in [5.74, 6) is -3.05. The number of nitro benzene ring substituents is 1. The van der Waals surface area contributed by atoms with Crippen LogP contribution >= 0.6 is 0 Å². The topological polar surface area (TPSA) is 107 Å². The van der Waals surface area contributed by atoms with E-state index in [-0.39, 0.29) is 12.2 Å². The van der Waals surface area contributed by atoms with Gasteiger partial charge in [-0.3, -0.25) is 10.1 Å². The van der Waals surface area contributed by atoms with Crippen molar-refractivity contribution >= 4 is 17.3 Å². The first kappa shape index (κ1) is 15.4. The number of carbonyl (C=O) groups is 1. The predicted molar refractivity (Wildman–Crippen MR) is 68.1 cm³/mol. The van der Waals surface area contributed by atoms with Gasteiger partial charge < -0.3 is 10.0 Å². The number of rotatable bonds is 5. The van der Waals surface area contributed by atoms with Crippen LogP contribution in [0.2, 0.25) is 0 Å². The summed E-state index contributed by atoms with van der Waals surface area (Å²) in [4.78, 5) is 22.3. The Balaban J connectivity index is 3.32. The Morgan fingerprint density at radius 1 is 1.65 bits per heavy atom. The number of hydrogen-bond acceptors (Lipinski definition) is 5. The zero-order valence-corrected chi connectivity index (χ0v) is 10.8. The first-order valence-corrected chi connectivity index (χ1v) is 5.60. The molecule has 106 valence electrons. The maximum atomic E-state index is 13.6. The van der Waals surface area contributed by atoms with E-state index in [2.05, 4.69) is 0 Å². The average Bonchev–Trinajstić information content (AvgIpc) is 2.37. The first-order chi connectivity index (χ1) is 9.27. The molecule has 7 nitrogen and oxygen atoms in total. The molecule has 1 unspecified atom stereocenters. The van der Waals surface area contributed by atoms with Crippen molar-refractivity contribution in [2.24, 2.45) is 5.92 Å². The van der Waals surface area contributed by atoms with Crippen LogP contribution in [-0.2, 0) is 0 Å². The van der Waals surface area contributed by atoms with Gasteiger partial charge in [0.25, 0.3) is 5.69 Å². The lowest BCUT2D eigenvalue weighted by molar-refractivity contribution is -0.384. The maximum Gasteiger partial charge on any atom is 0.338 e. The van der Waals surface area contributed by atoms with E-state index in [4.69, 9.17) is 10.4 Å². The molecule has 1 aromatic carbocycles. The van der Waals surface area contributed by atoms with Crippen LogP contribution in [0.15, 0.2) is 12.1 Å². The lowest BCUT2D eigenvalue weighted by Gasteiger charge is -2.20. The molecule has 1 N–H and O–H groups in total. The number of carboxylic acid groups (broad SMARTS) is 1. The Kier molecular flexibility index (Phi) is 4.59. The van der Waals surface area contributed by atoms with E-state index in [0.29, 0.717) is 6.07 Å². The smallest absolute Gasteiger partial charge is 0.338 e. The SMILES string of the molecule is CC(C#N)CN(C)c1cc(F)c(C(=O)O)cc1[N+](=O)[O-]. The Labute approximate surface area is 114 Å². The molecule has 0 spiro atoms. The van der Waals surface area contributed by atoms with Crippen molar-refractivity contribution in [1.29, 1.82) is 5.26 Å².